The fourth-order valence-corrected chi connectivity index (χ4v) is 7.27. The minimum absolute atomic E-state index is 0.0126. The van der Waals surface area contributed by atoms with Crippen LogP contribution in [0.4, 0.5) is 0 Å². The van der Waals surface area contributed by atoms with Crippen LogP contribution in [0.5, 0.6) is 0 Å². The van der Waals surface area contributed by atoms with Crippen molar-refractivity contribution in [3.63, 3.8) is 0 Å². The Balaban J connectivity index is 1.79. The standard InChI is InChI=1S/C21H25N3O4S2/c1-15-10-12-23(13-11-15)30(27,28)21-16(2)22-24(17(21)3)29(25,26)20-9-8-18-6-4-5-7-19(18)14-20/h4-9,14-15H,10-13H2,1-3H3. The zero-order valence-corrected chi connectivity index (χ0v) is 18.9. The van der Waals surface area contributed by atoms with Crippen molar-refractivity contribution >= 4 is 30.8 Å². The summed E-state index contributed by atoms with van der Waals surface area (Å²) in [6.07, 6.45) is 1.59. The number of benzene rings is 2. The fraction of sp³-hybridized carbons (Fsp3) is 0.381. The lowest BCUT2D eigenvalue weighted by molar-refractivity contribution is 0.288. The third-order valence-electron chi connectivity index (χ3n) is 5.77. The Morgan fingerprint density at radius 2 is 1.53 bits per heavy atom. The van der Waals surface area contributed by atoms with E-state index < -0.39 is 20.0 Å². The van der Waals surface area contributed by atoms with Gasteiger partial charge in [0.2, 0.25) is 10.0 Å². The highest BCUT2D eigenvalue weighted by Crippen LogP contribution is 2.30. The summed E-state index contributed by atoms with van der Waals surface area (Å²) < 4.78 is 55.4. The molecule has 4 rings (SSSR count). The van der Waals surface area contributed by atoms with E-state index in [1.165, 1.54) is 17.3 Å². The topological polar surface area (TPSA) is 89.3 Å². The van der Waals surface area contributed by atoms with Crippen LogP contribution < -0.4 is 0 Å². The molecule has 2 aromatic carbocycles. The lowest BCUT2D eigenvalue weighted by atomic mass is 10.0. The van der Waals surface area contributed by atoms with E-state index in [1.807, 2.05) is 24.3 Å². The SMILES string of the molecule is Cc1nn(S(=O)(=O)c2ccc3ccccc3c2)c(C)c1S(=O)(=O)N1CCC(C)CC1. The normalized spacial score (nSPS) is 16.9. The second kappa shape index (κ2) is 7.47. The van der Waals surface area contributed by atoms with Crippen LogP contribution in [0.3, 0.4) is 0 Å². The number of fused-ring (bicyclic) bond motifs is 1. The van der Waals surface area contributed by atoms with Gasteiger partial charge in [0.1, 0.15) is 4.90 Å². The molecule has 0 bridgehead atoms. The molecule has 1 aliphatic heterocycles. The van der Waals surface area contributed by atoms with Crippen molar-refractivity contribution in [2.75, 3.05) is 13.1 Å². The summed E-state index contributed by atoms with van der Waals surface area (Å²) >= 11 is 0. The van der Waals surface area contributed by atoms with Gasteiger partial charge in [0, 0.05) is 13.1 Å². The predicted molar refractivity (Wildman–Crippen MR) is 115 cm³/mol. The zero-order chi connectivity index (χ0) is 21.7. The summed E-state index contributed by atoms with van der Waals surface area (Å²) in [6.45, 7) is 6.02. The molecule has 0 amide bonds. The van der Waals surface area contributed by atoms with Crippen LogP contribution in [0.25, 0.3) is 10.8 Å². The number of aromatic nitrogens is 2. The molecule has 0 spiro atoms. The summed E-state index contributed by atoms with van der Waals surface area (Å²) in [7, 11) is -7.86. The van der Waals surface area contributed by atoms with Crippen LogP contribution in [0.2, 0.25) is 0 Å². The summed E-state index contributed by atoms with van der Waals surface area (Å²) in [5, 5.41) is 5.85. The van der Waals surface area contributed by atoms with E-state index in [-0.39, 0.29) is 21.2 Å². The number of aryl methyl sites for hydroxylation is 1. The summed E-state index contributed by atoms with van der Waals surface area (Å²) in [4.78, 5) is 0.0592. The van der Waals surface area contributed by atoms with Crippen molar-refractivity contribution < 1.29 is 16.8 Å². The van der Waals surface area contributed by atoms with Crippen LogP contribution in [0.15, 0.2) is 52.3 Å². The van der Waals surface area contributed by atoms with Crippen LogP contribution in [0, 0.1) is 19.8 Å². The lowest BCUT2D eigenvalue weighted by Gasteiger charge is -2.29. The van der Waals surface area contributed by atoms with Gasteiger partial charge in [0.25, 0.3) is 10.0 Å². The first-order chi connectivity index (χ1) is 14.1. The average molecular weight is 448 g/mol. The van der Waals surface area contributed by atoms with Gasteiger partial charge < -0.3 is 0 Å². The zero-order valence-electron chi connectivity index (χ0n) is 17.2. The number of sulfonamides is 1. The smallest absolute Gasteiger partial charge is 0.207 e. The summed E-state index contributed by atoms with van der Waals surface area (Å²) in [6, 6.07) is 12.3. The minimum atomic E-state index is -4.04. The van der Waals surface area contributed by atoms with Gasteiger partial charge in [-0.1, -0.05) is 37.3 Å². The van der Waals surface area contributed by atoms with Crippen molar-refractivity contribution in [1.29, 1.82) is 0 Å². The van der Waals surface area contributed by atoms with Crippen molar-refractivity contribution in [2.45, 2.75) is 43.4 Å². The molecule has 9 heteroatoms. The number of nitrogens with zero attached hydrogens (tertiary/aromatic N) is 3. The molecule has 1 aromatic heterocycles. The van der Waals surface area contributed by atoms with Crippen LogP contribution in [-0.4, -0.2) is 43.4 Å². The molecule has 1 aliphatic rings. The molecular weight excluding hydrogens is 422 g/mol. The Hall–Kier alpha value is -2.23. The summed E-state index contributed by atoms with van der Waals surface area (Å²) in [5.74, 6) is 0.481. The van der Waals surface area contributed by atoms with Gasteiger partial charge in [-0.2, -0.15) is 21.9 Å². The van der Waals surface area contributed by atoms with Gasteiger partial charge in [0.15, 0.2) is 0 Å². The Kier molecular flexibility index (Phi) is 5.24. The molecule has 160 valence electrons. The van der Waals surface area contributed by atoms with E-state index in [4.69, 9.17) is 0 Å². The Bertz CT molecular complexity index is 1320. The van der Waals surface area contributed by atoms with Crippen molar-refractivity contribution in [2.24, 2.45) is 5.92 Å². The largest absolute Gasteiger partial charge is 0.283 e. The Morgan fingerprint density at radius 1 is 0.900 bits per heavy atom. The lowest BCUT2D eigenvalue weighted by Crippen LogP contribution is -2.38. The van der Waals surface area contributed by atoms with E-state index in [0.29, 0.717) is 19.0 Å². The third kappa shape index (κ3) is 3.44. The molecule has 0 aliphatic carbocycles. The first-order valence-corrected chi connectivity index (χ1v) is 12.8. The van der Waals surface area contributed by atoms with E-state index in [9.17, 15) is 16.8 Å². The Morgan fingerprint density at radius 3 is 2.20 bits per heavy atom. The van der Waals surface area contributed by atoms with Crippen LogP contribution >= 0.6 is 0 Å². The molecule has 1 saturated heterocycles. The first-order valence-electron chi connectivity index (χ1n) is 9.93. The van der Waals surface area contributed by atoms with Gasteiger partial charge in [-0.3, -0.25) is 0 Å². The second-order valence-corrected chi connectivity index (χ2v) is 11.6. The monoisotopic (exact) mass is 447 g/mol. The Labute approximate surface area is 177 Å². The van der Waals surface area contributed by atoms with Crippen LogP contribution in [0.1, 0.15) is 31.2 Å². The molecule has 0 N–H and O–H groups in total. The van der Waals surface area contributed by atoms with Gasteiger partial charge in [0.05, 0.1) is 16.3 Å². The number of piperidine rings is 1. The highest BCUT2D eigenvalue weighted by Gasteiger charge is 2.35. The quantitative estimate of drug-likeness (QED) is 0.612. The van der Waals surface area contributed by atoms with Crippen molar-refractivity contribution in [3.05, 3.63) is 53.9 Å². The second-order valence-electron chi connectivity index (χ2n) is 7.94. The van der Waals surface area contributed by atoms with Gasteiger partial charge in [-0.15, -0.1) is 0 Å². The maximum absolute atomic E-state index is 13.3. The predicted octanol–water partition coefficient (Wildman–Crippen LogP) is 3.31. The highest BCUT2D eigenvalue weighted by atomic mass is 32.2. The molecule has 0 atom stereocenters. The molecule has 0 unspecified atom stereocenters. The molecule has 0 radical (unpaired) electrons. The minimum Gasteiger partial charge on any atom is -0.207 e. The van der Waals surface area contributed by atoms with Gasteiger partial charge >= 0.3 is 0 Å². The van der Waals surface area contributed by atoms with E-state index in [2.05, 4.69) is 12.0 Å². The van der Waals surface area contributed by atoms with Gasteiger partial charge in [-0.05, 0) is 55.5 Å². The van der Waals surface area contributed by atoms with Gasteiger partial charge in [-0.25, -0.2) is 8.42 Å². The number of rotatable bonds is 4. The molecule has 0 saturated carbocycles. The third-order valence-corrected chi connectivity index (χ3v) is 9.58. The molecule has 30 heavy (non-hydrogen) atoms. The van der Waals surface area contributed by atoms with Crippen molar-refractivity contribution in [1.82, 2.24) is 13.5 Å². The average Bonchev–Trinajstić information content (AvgIpc) is 3.03. The number of hydrogen-bond donors (Lipinski definition) is 0. The molecule has 1 fully saturated rings. The first kappa shape index (κ1) is 21.0. The van der Waals surface area contributed by atoms with Crippen LogP contribution in [-0.2, 0) is 20.0 Å². The van der Waals surface area contributed by atoms with E-state index in [0.717, 1.165) is 27.7 Å². The maximum Gasteiger partial charge on any atom is 0.283 e. The molecule has 3 aromatic rings. The molecule has 7 nitrogen and oxygen atoms in total. The fourth-order valence-electron chi connectivity index (χ4n) is 3.99. The van der Waals surface area contributed by atoms with E-state index >= 15 is 0 Å². The highest BCUT2D eigenvalue weighted by molar-refractivity contribution is 7.90. The summed E-state index contributed by atoms with van der Waals surface area (Å²) in [5.41, 5.74) is 0.301. The van der Waals surface area contributed by atoms with Crippen molar-refractivity contribution in [3.8, 4) is 0 Å². The maximum atomic E-state index is 13.3. The molecular formula is C21H25N3O4S2. The number of hydrogen-bond acceptors (Lipinski definition) is 5. The molecule has 2 heterocycles. The van der Waals surface area contributed by atoms with E-state index in [1.54, 1.807) is 19.1 Å².